The maximum Gasteiger partial charge on any atom is 0.258 e. The molecule has 2 unspecified atom stereocenters. The summed E-state index contributed by atoms with van der Waals surface area (Å²) in [6.45, 7) is 2.20. The van der Waals surface area contributed by atoms with Crippen LogP contribution >= 0.6 is 12.4 Å². The van der Waals surface area contributed by atoms with E-state index in [-0.39, 0.29) is 24.9 Å². The number of halogens is 1. The molecule has 2 aliphatic rings. The molecular weight excluding hydrogens is 300 g/mol. The van der Waals surface area contributed by atoms with Gasteiger partial charge < -0.3 is 15.4 Å². The minimum Gasteiger partial charge on any atom is -0.483 e. The van der Waals surface area contributed by atoms with Crippen LogP contribution in [0.4, 0.5) is 0 Å². The van der Waals surface area contributed by atoms with Gasteiger partial charge >= 0.3 is 0 Å². The molecule has 2 aliphatic heterocycles. The molecule has 0 aromatic heterocycles. The maximum absolute atomic E-state index is 12.1. The summed E-state index contributed by atoms with van der Waals surface area (Å²) in [5, 5.41) is 6.71. The summed E-state index contributed by atoms with van der Waals surface area (Å²) in [6.07, 6.45) is 5.51. The lowest BCUT2D eigenvalue weighted by atomic mass is 10.00. The zero-order chi connectivity index (χ0) is 14.7. The first kappa shape index (κ1) is 17.1. The topological polar surface area (TPSA) is 50.4 Å². The Bertz CT molecular complexity index is 497. The van der Waals surface area contributed by atoms with Crippen LogP contribution in [0.2, 0.25) is 0 Å². The number of ether oxygens (including phenoxy) is 1. The third-order valence-electron chi connectivity index (χ3n) is 4.55. The van der Waals surface area contributed by atoms with Crippen molar-refractivity contribution in [3.05, 3.63) is 29.8 Å². The molecule has 1 aromatic rings. The first-order chi connectivity index (χ1) is 10.2. The molecule has 2 N–H and O–H groups in total. The van der Waals surface area contributed by atoms with Crippen LogP contribution in [-0.2, 0) is 11.2 Å². The van der Waals surface area contributed by atoms with Crippen LogP contribution in [-0.4, -0.2) is 30.6 Å². The Morgan fingerprint density at radius 1 is 1.27 bits per heavy atom. The molecule has 4 nitrogen and oxygen atoms in total. The van der Waals surface area contributed by atoms with Gasteiger partial charge in [-0.25, -0.2) is 0 Å². The average molecular weight is 325 g/mol. The van der Waals surface area contributed by atoms with Crippen molar-refractivity contribution in [2.75, 3.05) is 6.61 Å². The van der Waals surface area contributed by atoms with Gasteiger partial charge in [0.15, 0.2) is 6.61 Å². The summed E-state index contributed by atoms with van der Waals surface area (Å²) in [5.41, 5.74) is 1.14. The summed E-state index contributed by atoms with van der Waals surface area (Å²) >= 11 is 0. The third kappa shape index (κ3) is 4.14. The van der Waals surface area contributed by atoms with E-state index < -0.39 is 0 Å². The number of hydrogen-bond acceptors (Lipinski definition) is 3. The second-order valence-electron chi connectivity index (χ2n) is 6.12. The molecule has 1 aromatic carbocycles. The predicted molar refractivity (Wildman–Crippen MR) is 89.7 cm³/mol. The molecule has 2 heterocycles. The van der Waals surface area contributed by atoms with Crippen molar-refractivity contribution < 1.29 is 9.53 Å². The number of rotatable bonds is 5. The lowest BCUT2D eigenvalue weighted by Crippen LogP contribution is -2.48. The first-order valence-electron chi connectivity index (χ1n) is 8.00. The van der Waals surface area contributed by atoms with E-state index in [9.17, 15) is 4.79 Å². The summed E-state index contributed by atoms with van der Waals surface area (Å²) in [5.74, 6) is 0.813. The molecule has 5 heteroatoms. The van der Waals surface area contributed by atoms with Crippen LogP contribution in [0.5, 0.6) is 5.75 Å². The highest BCUT2D eigenvalue weighted by molar-refractivity contribution is 5.85. The van der Waals surface area contributed by atoms with Crippen molar-refractivity contribution in [3.63, 3.8) is 0 Å². The number of piperidine rings is 1. The van der Waals surface area contributed by atoms with Gasteiger partial charge in [-0.2, -0.15) is 0 Å². The van der Waals surface area contributed by atoms with Crippen LogP contribution in [0.1, 0.15) is 38.2 Å². The van der Waals surface area contributed by atoms with E-state index in [4.69, 9.17) is 4.74 Å². The molecule has 0 spiro atoms. The standard InChI is InChI=1S/C17H24N2O2.ClH/c1-2-12-5-3-4-6-16(12)21-11-17(20)19-15-9-13-7-8-14(10-15)18-13;/h3-6,13-15,18H,2,7-11H2,1H3,(H,19,20);1H. The van der Waals surface area contributed by atoms with E-state index in [0.717, 1.165) is 30.6 Å². The van der Waals surface area contributed by atoms with Crippen molar-refractivity contribution >= 4 is 18.3 Å². The van der Waals surface area contributed by atoms with E-state index in [1.165, 1.54) is 12.8 Å². The number of amides is 1. The number of nitrogens with one attached hydrogen (secondary N) is 2. The van der Waals surface area contributed by atoms with Gasteiger partial charge in [0.05, 0.1) is 0 Å². The Kier molecular flexibility index (Phi) is 6.09. The molecule has 1 amide bonds. The molecule has 0 aliphatic carbocycles. The van der Waals surface area contributed by atoms with Gasteiger partial charge in [-0.05, 0) is 43.7 Å². The first-order valence-corrected chi connectivity index (χ1v) is 8.00. The van der Waals surface area contributed by atoms with E-state index in [1.54, 1.807) is 0 Å². The smallest absolute Gasteiger partial charge is 0.258 e. The summed E-state index contributed by atoms with van der Waals surface area (Å²) in [7, 11) is 0. The molecule has 0 saturated carbocycles. The highest BCUT2D eigenvalue weighted by atomic mass is 35.5. The van der Waals surface area contributed by atoms with E-state index >= 15 is 0 Å². The van der Waals surface area contributed by atoms with Crippen LogP contribution in [0.25, 0.3) is 0 Å². The minimum absolute atomic E-state index is 0. The van der Waals surface area contributed by atoms with Crippen LogP contribution < -0.4 is 15.4 Å². The predicted octanol–water partition coefficient (Wildman–Crippen LogP) is 2.45. The van der Waals surface area contributed by atoms with Gasteiger partial charge in [0.2, 0.25) is 0 Å². The highest BCUT2D eigenvalue weighted by Gasteiger charge is 2.33. The zero-order valence-electron chi connectivity index (χ0n) is 13.0. The minimum atomic E-state index is -0.00722. The fourth-order valence-corrected chi connectivity index (χ4v) is 3.52. The lowest BCUT2D eigenvalue weighted by Gasteiger charge is -2.29. The van der Waals surface area contributed by atoms with Crippen molar-refractivity contribution in [2.24, 2.45) is 0 Å². The number of benzene rings is 1. The van der Waals surface area contributed by atoms with Crippen molar-refractivity contribution in [1.29, 1.82) is 0 Å². The Hall–Kier alpha value is -1.26. The Labute approximate surface area is 138 Å². The Balaban J connectivity index is 0.00000176. The molecule has 2 bridgehead atoms. The second kappa shape index (κ2) is 7.84. The number of fused-ring (bicyclic) bond motifs is 2. The maximum atomic E-state index is 12.1. The largest absolute Gasteiger partial charge is 0.483 e. The van der Waals surface area contributed by atoms with Crippen LogP contribution in [0, 0.1) is 0 Å². The second-order valence-corrected chi connectivity index (χ2v) is 6.12. The molecule has 3 rings (SSSR count). The van der Waals surface area contributed by atoms with Gasteiger partial charge in [0.25, 0.3) is 5.91 Å². The quantitative estimate of drug-likeness (QED) is 0.874. The van der Waals surface area contributed by atoms with Crippen molar-refractivity contribution in [2.45, 2.75) is 57.2 Å². The number of carbonyl (C=O) groups is 1. The fraction of sp³-hybridized carbons (Fsp3) is 0.588. The molecule has 2 saturated heterocycles. The normalized spacial score (nSPS) is 26.1. The van der Waals surface area contributed by atoms with Crippen molar-refractivity contribution in [1.82, 2.24) is 10.6 Å². The Morgan fingerprint density at radius 2 is 1.95 bits per heavy atom. The molecule has 2 atom stereocenters. The number of para-hydroxylation sites is 1. The van der Waals surface area contributed by atoms with Crippen LogP contribution in [0.3, 0.4) is 0 Å². The van der Waals surface area contributed by atoms with Crippen molar-refractivity contribution in [3.8, 4) is 5.75 Å². The van der Waals surface area contributed by atoms with E-state index in [1.807, 2.05) is 24.3 Å². The molecule has 122 valence electrons. The number of carbonyl (C=O) groups excluding carboxylic acids is 1. The summed E-state index contributed by atoms with van der Waals surface area (Å²) in [6, 6.07) is 9.40. The lowest BCUT2D eigenvalue weighted by molar-refractivity contribution is -0.124. The third-order valence-corrected chi connectivity index (χ3v) is 4.55. The number of hydrogen-bond donors (Lipinski definition) is 2. The van der Waals surface area contributed by atoms with Gasteiger partial charge in [0.1, 0.15) is 5.75 Å². The van der Waals surface area contributed by atoms with Gasteiger partial charge in [-0.3, -0.25) is 4.79 Å². The SMILES string of the molecule is CCc1ccccc1OCC(=O)NC1CC2CCC(C1)N2.Cl. The monoisotopic (exact) mass is 324 g/mol. The van der Waals surface area contributed by atoms with Crippen LogP contribution in [0.15, 0.2) is 24.3 Å². The summed E-state index contributed by atoms with van der Waals surface area (Å²) in [4.78, 5) is 12.1. The summed E-state index contributed by atoms with van der Waals surface area (Å²) < 4.78 is 5.67. The van der Waals surface area contributed by atoms with Gasteiger partial charge in [-0.15, -0.1) is 12.4 Å². The molecule has 0 radical (unpaired) electrons. The molecular formula is C17H25ClN2O2. The Morgan fingerprint density at radius 3 is 2.64 bits per heavy atom. The zero-order valence-corrected chi connectivity index (χ0v) is 13.8. The number of aryl methyl sites for hydroxylation is 1. The van der Waals surface area contributed by atoms with E-state index in [0.29, 0.717) is 18.1 Å². The van der Waals surface area contributed by atoms with Gasteiger partial charge in [-0.1, -0.05) is 25.1 Å². The molecule has 2 fully saturated rings. The average Bonchev–Trinajstić information content (AvgIpc) is 2.84. The highest BCUT2D eigenvalue weighted by Crippen LogP contribution is 2.26. The van der Waals surface area contributed by atoms with Gasteiger partial charge in [0, 0.05) is 18.1 Å². The molecule has 22 heavy (non-hydrogen) atoms. The van der Waals surface area contributed by atoms with E-state index in [2.05, 4.69) is 17.6 Å². The fourth-order valence-electron chi connectivity index (χ4n) is 3.52.